The van der Waals surface area contributed by atoms with Gasteiger partial charge in [0.05, 0.1) is 5.69 Å². The lowest BCUT2D eigenvalue weighted by Crippen LogP contribution is -2.15. The van der Waals surface area contributed by atoms with Crippen LogP contribution in [0.3, 0.4) is 0 Å². The topological polar surface area (TPSA) is 37.8 Å². The number of rotatable bonds is 4. The molecule has 0 aliphatic heterocycles. The number of pyridine rings is 1. The van der Waals surface area contributed by atoms with E-state index in [9.17, 15) is 0 Å². The number of aryl methyl sites for hydroxylation is 1. The van der Waals surface area contributed by atoms with Gasteiger partial charge in [0.1, 0.15) is 5.01 Å². The first-order chi connectivity index (χ1) is 8.97. The van der Waals surface area contributed by atoms with Crippen molar-refractivity contribution in [3.8, 4) is 0 Å². The van der Waals surface area contributed by atoms with Crippen LogP contribution >= 0.6 is 11.3 Å². The lowest BCUT2D eigenvalue weighted by molar-refractivity contribution is 0.568. The zero-order valence-corrected chi connectivity index (χ0v) is 12.8. The molecular formula is C15H21N3S. The summed E-state index contributed by atoms with van der Waals surface area (Å²) in [5.41, 5.74) is 3.83. The van der Waals surface area contributed by atoms with Crippen LogP contribution in [0.25, 0.3) is 0 Å². The van der Waals surface area contributed by atoms with Gasteiger partial charge in [-0.25, -0.2) is 4.98 Å². The minimum Gasteiger partial charge on any atom is -0.306 e. The molecule has 0 spiro atoms. The zero-order valence-electron chi connectivity index (χ0n) is 12.0. The van der Waals surface area contributed by atoms with Crippen molar-refractivity contribution < 1.29 is 0 Å². The van der Waals surface area contributed by atoms with Crippen LogP contribution in [0.15, 0.2) is 23.8 Å². The fourth-order valence-corrected chi connectivity index (χ4v) is 2.73. The second-order valence-corrected chi connectivity index (χ2v) is 6.72. The molecular weight excluding hydrogens is 254 g/mol. The molecule has 0 aliphatic carbocycles. The Labute approximate surface area is 119 Å². The molecule has 0 aliphatic rings. The molecule has 0 bridgehead atoms. The zero-order chi connectivity index (χ0) is 13.9. The maximum absolute atomic E-state index is 4.68. The summed E-state index contributed by atoms with van der Waals surface area (Å²) in [6.07, 6.45) is 3.74. The molecule has 0 fully saturated rings. The second kappa shape index (κ2) is 5.80. The first-order valence-electron chi connectivity index (χ1n) is 6.52. The van der Waals surface area contributed by atoms with Gasteiger partial charge in [-0.15, -0.1) is 11.3 Å². The summed E-state index contributed by atoms with van der Waals surface area (Å²) in [6, 6.07) is 2.06. The monoisotopic (exact) mass is 275 g/mol. The molecule has 0 unspecified atom stereocenters. The Hall–Kier alpha value is -1.26. The van der Waals surface area contributed by atoms with Gasteiger partial charge in [0, 0.05) is 36.3 Å². The smallest absolute Gasteiger partial charge is 0.107 e. The number of hydrogen-bond donors (Lipinski definition) is 1. The van der Waals surface area contributed by atoms with E-state index in [1.165, 1.54) is 16.8 Å². The number of hydrogen-bond acceptors (Lipinski definition) is 4. The summed E-state index contributed by atoms with van der Waals surface area (Å²) < 4.78 is 0. The van der Waals surface area contributed by atoms with Crippen molar-refractivity contribution in [2.45, 2.75) is 46.2 Å². The average Bonchev–Trinajstić information content (AvgIpc) is 2.80. The molecule has 1 N–H and O–H groups in total. The summed E-state index contributed by atoms with van der Waals surface area (Å²) in [5.74, 6) is 0. The largest absolute Gasteiger partial charge is 0.306 e. The molecule has 0 atom stereocenters. The summed E-state index contributed by atoms with van der Waals surface area (Å²) in [4.78, 5) is 8.78. The van der Waals surface area contributed by atoms with Crippen LogP contribution in [0.2, 0.25) is 0 Å². The highest BCUT2D eigenvalue weighted by molar-refractivity contribution is 7.09. The highest BCUT2D eigenvalue weighted by Gasteiger charge is 2.17. The molecule has 2 aromatic heterocycles. The van der Waals surface area contributed by atoms with Gasteiger partial charge in [0.15, 0.2) is 0 Å². The standard InChI is InChI=1S/C15H21N3S/c1-11-7-16-6-5-12(11)8-17-9-14-18-13(10-19-14)15(2,3)4/h5-7,10,17H,8-9H2,1-4H3. The fraction of sp³-hybridized carbons (Fsp3) is 0.467. The van der Waals surface area contributed by atoms with Crippen LogP contribution in [0.5, 0.6) is 0 Å². The van der Waals surface area contributed by atoms with Crippen LogP contribution in [-0.4, -0.2) is 9.97 Å². The predicted molar refractivity (Wildman–Crippen MR) is 80.3 cm³/mol. The van der Waals surface area contributed by atoms with E-state index < -0.39 is 0 Å². The molecule has 0 aromatic carbocycles. The van der Waals surface area contributed by atoms with Gasteiger partial charge in [0.25, 0.3) is 0 Å². The van der Waals surface area contributed by atoms with Crippen molar-refractivity contribution in [3.05, 3.63) is 45.7 Å². The highest BCUT2D eigenvalue weighted by Crippen LogP contribution is 2.23. The van der Waals surface area contributed by atoms with Crippen molar-refractivity contribution in [2.75, 3.05) is 0 Å². The first kappa shape index (κ1) is 14.2. The van der Waals surface area contributed by atoms with Crippen molar-refractivity contribution in [3.63, 3.8) is 0 Å². The molecule has 2 aromatic rings. The summed E-state index contributed by atoms with van der Waals surface area (Å²) in [6.45, 7) is 10.4. The van der Waals surface area contributed by atoms with Crippen LogP contribution in [0.1, 0.15) is 42.6 Å². The molecule has 0 amide bonds. The third-order valence-electron chi connectivity index (χ3n) is 3.05. The van der Waals surface area contributed by atoms with Crippen LogP contribution in [0, 0.1) is 6.92 Å². The van der Waals surface area contributed by atoms with Gasteiger partial charge < -0.3 is 5.32 Å². The third-order valence-corrected chi connectivity index (χ3v) is 3.90. The van der Waals surface area contributed by atoms with Crippen LogP contribution in [-0.2, 0) is 18.5 Å². The van der Waals surface area contributed by atoms with E-state index in [4.69, 9.17) is 0 Å². The quantitative estimate of drug-likeness (QED) is 0.929. The highest BCUT2D eigenvalue weighted by atomic mass is 32.1. The number of aromatic nitrogens is 2. The Morgan fingerprint density at radius 2 is 2.05 bits per heavy atom. The summed E-state index contributed by atoms with van der Waals surface area (Å²) in [5, 5.41) is 6.75. The van der Waals surface area contributed by atoms with E-state index in [-0.39, 0.29) is 5.41 Å². The normalized spacial score (nSPS) is 11.8. The van der Waals surface area contributed by atoms with E-state index in [1.54, 1.807) is 11.3 Å². The van der Waals surface area contributed by atoms with Gasteiger partial charge in [-0.3, -0.25) is 4.98 Å². The average molecular weight is 275 g/mol. The van der Waals surface area contributed by atoms with Crippen molar-refractivity contribution >= 4 is 11.3 Å². The minimum atomic E-state index is 0.135. The predicted octanol–water partition coefficient (Wildman–Crippen LogP) is 3.43. The van der Waals surface area contributed by atoms with Crippen LogP contribution in [0.4, 0.5) is 0 Å². The first-order valence-corrected chi connectivity index (χ1v) is 7.40. The van der Waals surface area contributed by atoms with E-state index in [2.05, 4.69) is 54.4 Å². The lowest BCUT2D eigenvalue weighted by atomic mass is 9.93. The van der Waals surface area contributed by atoms with Crippen molar-refractivity contribution in [1.29, 1.82) is 0 Å². The Morgan fingerprint density at radius 1 is 1.26 bits per heavy atom. The Kier molecular flexibility index (Phi) is 4.32. The van der Waals surface area contributed by atoms with Gasteiger partial charge in [-0.1, -0.05) is 20.8 Å². The summed E-state index contributed by atoms with van der Waals surface area (Å²) >= 11 is 1.73. The van der Waals surface area contributed by atoms with E-state index in [0.29, 0.717) is 0 Å². The SMILES string of the molecule is Cc1cnccc1CNCc1nc(C(C)(C)C)cs1. The van der Waals surface area contributed by atoms with E-state index in [1.807, 2.05) is 12.4 Å². The van der Waals surface area contributed by atoms with Crippen molar-refractivity contribution in [1.82, 2.24) is 15.3 Å². The second-order valence-electron chi connectivity index (χ2n) is 5.78. The maximum atomic E-state index is 4.68. The van der Waals surface area contributed by atoms with Crippen LogP contribution < -0.4 is 5.32 Å². The molecule has 2 heterocycles. The van der Waals surface area contributed by atoms with E-state index in [0.717, 1.165) is 18.1 Å². The Balaban J connectivity index is 1.90. The molecule has 0 saturated heterocycles. The lowest BCUT2D eigenvalue weighted by Gasteiger charge is -2.14. The molecule has 19 heavy (non-hydrogen) atoms. The number of nitrogens with zero attached hydrogens (tertiary/aromatic N) is 2. The molecule has 3 nitrogen and oxygen atoms in total. The van der Waals surface area contributed by atoms with Gasteiger partial charge >= 0.3 is 0 Å². The Bertz CT molecular complexity index is 540. The number of thiazole rings is 1. The molecule has 4 heteroatoms. The fourth-order valence-electron chi connectivity index (χ4n) is 1.74. The molecule has 102 valence electrons. The third kappa shape index (κ3) is 3.85. The van der Waals surface area contributed by atoms with Gasteiger partial charge in [0.2, 0.25) is 0 Å². The Morgan fingerprint density at radius 3 is 2.68 bits per heavy atom. The van der Waals surface area contributed by atoms with Gasteiger partial charge in [-0.05, 0) is 24.1 Å². The van der Waals surface area contributed by atoms with Gasteiger partial charge in [-0.2, -0.15) is 0 Å². The van der Waals surface area contributed by atoms with Crippen molar-refractivity contribution in [2.24, 2.45) is 0 Å². The number of nitrogens with one attached hydrogen (secondary N) is 1. The molecule has 0 saturated carbocycles. The maximum Gasteiger partial charge on any atom is 0.107 e. The molecule has 0 radical (unpaired) electrons. The molecule has 2 rings (SSSR count). The van der Waals surface area contributed by atoms with E-state index >= 15 is 0 Å². The summed E-state index contributed by atoms with van der Waals surface area (Å²) in [7, 11) is 0. The minimum absolute atomic E-state index is 0.135.